The fraction of sp³-hybridized carbons (Fsp3) is 0.615. The summed E-state index contributed by atoms with van der Waals surface area (Å²) in [6.45, 7) is 2.43. The van der Waals surface area contributed by atoms with Crippen molar-refractivity contribution in [3.05, 3.63) is 22.2 Å². The first-order chi connectivity index (χ1) is 10.2. The number of hydrogen-bond donors (Lipinski definition) is 2. The molecule has 2 N–H and O–H groups in total. The van der Waals surface area contributed by atoms with Gasteiger partial charge in [-0.2, -0.15) is 0 Å². The van der Waals surface area contributed by atoms with Gasteiger partial charge in [0.15, 0.2) is 0 Å². The second-order valence-corrected chi connectivity index (χ2v) is 4.31. The number of ether oxygens (including phenoxy) is 2. The van der Waals surface area contributed by atoms with Crippen molar-refractivity contribution in [1.82, 2.24) is 4.98 Å². The van der Waals surface area contributed by atoms with Crippen LogP contribution in [0.4, 0.5) is 17.3 Å². The molecule has 0 fully saturated rings. The lowest BCUT2D eigenvalue weighted by Crippen LogP contribution is -2.09. The molecule has 1 aromatic rings. The Morgan fingerprint density at radius 3 is 2.76 bits per heavy atom. The van der Waals surface area contributed by atoms with Crippen molar-refractivity contribution in [2.45, 2.75) is 12.8 Å². The van der Waals surface area contributed by atoms with Crippen LogP contribution in [0.2, 0.25) is 0 Å². The molecule has 0 aliphatic carbocycles. The van der Waals surface area contributed by atoms with Gasteiger partial charge in [-0.25, -0.2) is 4.98 Å². The minimum Gasteiger partial charge on any atom is -0.382 e. The lowest BCUT2D eigenvalue weighted by atomic mass is 10.3. The van der Waals surface area contributed by atoms with Crippen molar-refractivity contribution in [2.75, 3.05) is 51.2 Å². The molecule has 1 rings (SSSR count). The highest BCUT2D eigenvalue weighted by Gasteiger charge is 2.15. The quantitative estimate of drug-likeness (QED) is 0.365. The van der Waals surface area contributed by atoms with E-state index >= 15 is 0 Å². The predicted octanol–water partition coefficient (Wildman–Crippen LogP) is 1.89. The fourth-order valence-electron chi connectivity index (χ4n) is 1.65. The van der Waals surface area contributed by atoms with E-state index in [0.29, 0.717) is 32.2 Å². The smallest absolute Gasteiger partial charge is 0.311 e. The highest BCUT2D eigenvalue weighted by atomic mass is 16.6. The number of pyridine rings is 1. The summed E-state index contributed by atoms with van der Waals surface area (Å²) in [7, 11) is 3.35. The Morgan fingerprint density at radius 1 is 1.29 bits per heavy atom. The van der Waals surface area contributed by atoms with Gasteiger partial charge in [0.05, 0.1) is 18.1 Å². The lowest BCUT2D eigenvalue weighted by molar-refractivity contribution is -0.384. The van der Waals surface area contributed by atoms with Gasteiger partial charge in [-0.1, -0.05) is 0 Å². The Morgan fingerprint density at radius 2 is 2.10 bits per heavy atom. The van der Waals surface area contributed by atoms with Gasteiger partial charge >= 0.3 is 5.69 Å². The third-order valence-corrected chi connectivity index (χ3v) is 2.77. The number of rotatable bonds is 11. The van der Waals surface area contributed by atoms with Gasteiger partial charge < -0.3 is 20.1 Å². The maximum Gasteiger partial charge on any atom is 0.311 e. The molecule has 0 amide bonds. The molecule has 0 aliphatic heterocycles. The highest BCUT2D eigenvalue weighted by molar-refractivity contribution is 5.60. The standard InChI is InChI=1S/C13H22N4O4/c1-14-12-6-5-11(17(18)19)13(16-12)15-7-3-4-8-21-10-9-20-2/h5-6H,3-4,7-10H2,1-2H3,(H2,14,15,16). The Bertz CT molecular complexity index is 442. The summed E-state index contributed by atoms with van der Waals surface area (Å²) in [5, 5.41) is 16.8. The molecule has 1 heterocycles. The van der Waals surface area contributed by atoms with Gasteiger partial charge in [-0.15, -0.1) is 0 Å². The van der Waals surface area contributed by atoms with Gasteiger partial charge in [0, 0.05) is 33.4 Å². The first kappa shape index (κ1) is 17.1. The third-order valence-electron chi connectivity index (χ3n) is 2.77. The van der Waals surface area contributed by atoms with Crippen LogP contribution in [0.5, 0.6) is 0 Å². The number of nitro groups is 1. The number of nitrogens with zero attached hydrogens (tertiary/aromatic N) is 2. The maximum absolute atomic E-state index is 10.9. The number of methoxy groups -OCH3 is 1. The SMILES string of the molecule is CNc1ccc([N+](=O)[O-])c(NCCCCOCCOC)n1. The minimum atomic E-state index is -0.442. The van der Waals surface area contributed by atoms with E-state index in [0.717, 1.165) is 12.8 Å². The van der Waals surface area contributed by atoms with Crippen LogP contribution in [-0.2, 0) is 9.47 Å². The first-order valence-corrected chi connectivity index (χ1v) is 6.82. The monoisotopic (exact) mass is 298 g/mol. The zero-order valence-electron chi connectivity index (χ0n) is 12.4. The average Bonchev–Trinajstić information content (AvgIpc) is 2.49. The maximum atomic E-state index is 10.9. The number of hydrogen-bond acceptors (Lipinski definition) is 7. The summed E-state index contributed by atoms with van der Waals surface area (Å²) < 4.78 is 10.2. The normalized spacial score (nSPS) is 10.4. The Labute approximate surface area is 124 Å². The summed E-state index contributed by atoms with van der Waals surface area (Å²) >= 11 is 0. The summed E-state index contributed by atoms with van der Waals surface area (Å²) in [4.78, 5) is 14.6. The van der Waals surface area contributed by atoms with Crippen molar-refractivity contribution in [3.8, 4) is 0 Å². The highest BCUT2D eigenvalue weighted by Crippen LogP contribution is 2.23. The Hall–Kier alpha value is -1.93. The lowest BCUT2D eigenvalue weighted by Gasteiger charge is -2.08. The van der Waals surface area contributed by atoms with Gasteiger partial charge in [0.2, 0.25) is 5.82 Å². The molecule has 0 atom stereocenters. The van der Waals surface area contributed by atoms with Crippen molar-refractivity contribution in [2.24, 2.45) is 0 Å². The van der Waals surface area contributed by atoms with Crippen molar-refractivity contribution in [1.29, 1.82) is 0 Å². The van der Waals surface area contributed by atoms with Crippen LogP contribution in [0.25, 0.3) is 0 Å². The predicted molar refractivity (Wildman–Crippen MR) is 80.9 cm³/mol. The molecule has 0 saturated carbocycles. The van der Waals surface area contributed by atoms with E-state index in [-0.39, 0.29) is 11.5 Å². The zero-order valence-corrected chi connectivity index (χ0v) is 12.4. The number of unbranched alkanes of at least 4 members (excludes halogenated alkanes) is 1. The molecule has 0 saturated heterocycles. The number of aromatic nitrogens is 1. The van der Waals surface area contributed by atoms with Crippen LogP contribution in [0.3, 0.4) is 0 Å². The summed E-state index contributed by atoms with van der Waals surface area (Å²) in [6.07, 6.45) is 1.71. The Balaban J connectivity index is 2.35. The van der Waals surface area contributed by atoms with Crippen LogP contribution in [0.1, 0.15) is 12.8 Å². The van der Waals surface area contributed by atoms with E-state index in [9.17, 15) is 10.1 Å². The van der Waals surface area contributed by atoms with Crippen molar-refractivity contribution in [3.63, 3.8) is 0 Å². The van der Waals surface area contributed by atoms with E-state index in [1.54, 1.807) is 20.2 Å². The molecule has 0 bridgehead atoms. The number of anilines is 2. The molecule has 8 nitrogen and oxygen atoms in total. The van der Waals surface area contributed by atoms with Crippen LogP contribution in [0.15, 0.2) is 12.1 Å². The van der Waals surface area contributed by atoms with E-state index < -0.39 is 4.92 Å². The molecular formula is C13H22N4O4. The molecule has 0 aromatic carbocycles. The third kappa shape index (κ3) is 6.37. The molecule has 0 radical (unpaired) electrons. The second kappa shape index (κ2) is 9.89. The van der Waals surface area contributed by atoms with Gasteiger partial charge in [0.1, 0.15) is 5.82 Å². The Kier molecular flexibility index (Phi) is 8.07. The summed E-state index contributed by atoms with van der Waals surface area (Å²) in [5.74, 6) is 0.873. The van der Waals surface area contributed by atoms with Crippen molar-refractivity contribution >= 4 is 17.3 Å². The summed E-state index contributed by atoms with van der Waals surface area (Å²) in [5.41, 5.74) is -0.0228. The van der Waals surface area contributed by atoms with Crippen LogP contribution in [-0.4, -0.2) is 50.4 Å². The first-order valence-electron chi connectivity index (χ1n) is 6.82. The molecule has 21 heavy (non-hydrogen) atoms. The van der Waals surface area contributed by atoms with E-state index in [4.69, 9.17) is 9.47 Å². The molecule has 1 aromatic heterocycles. The van der Waals surface area contributed by atoms with Gasteiger partial charge in [-0.3, -0.25) is 10.1 Å². The van der Waals surface area contributed by atoms with E-state index in [1.165, 1.54) is 6.07 Å². The van der Waals surface area contributed by atoms with Gasteiger partial charge in [0.25, 0.3) is 0 Å². The van der Waals surface area contributed by atoms with Gasteiger partial charge in [-0.05, 0) is 18.9 Å². The fourth-order valence-corrected chi connectivity index (χ4v) is 1.65. The average molecular weight is 298 g/mol. The number of nitrogens with one attached hydrogen (secondary N) is 2. The topological polar surface area (TPSA) is 98.6 Å². The molecular weight excluding hydrogens is 276 g/mol. The van der Waals surface area contributed by atoms with Crippen molar-refractivity contribution < 1.29 is 14.4 Å². The molecule has 0 spiro atoms. The molecule has 0 aliphatic rings. The minimum absolute atomic E-state index is 0.0228. The molecule has 118 valence electrons. The summed E-state index contributed by atoms with van der Waals surface area (Å²) in [6, 6.07) is 3.02. The van der Waals surface area contributed by atoms with Crippen LogP contribution >= 0.6 is 0 Å². The van der Waals surface area contributed by atoms with E-state index in [1.807, 2.05) is 0 Å². The second-order valence-electron chi connectivity index (χ2n) is 4.31. The zero-order chi connectivity index (χ0) is 15.5. The van der Waals surface area contributed by atoms with Crippen LogP contribution < -0.4 is 10.6 Å². The van der Waals surface area contributed by atoms with Crippen LogP contribution in [0, 0.1) is 10.1 Å². The molecule has 8 heteroatoms. The van der Waals surface area contributed by atoms with E-state index in [2.05, 4.69) is 15.6 Å². The largest absolute Gasteiger partial charge is 0.382 e. The molecule has 0 unspecified atom stereocenters.